The molecule has 0 bridgehead atoms. The van der Waals surface area contributed by atoms with Crippen molar-refractivity contribution in [3.05, 3.63) is 0 Å². The minimum atomic E-state index is -0.527. The molecule has 9 heteroatoms. The summed E-state index contributed by atoms with van der Waals surface area (Å²) in [5, 5.41) is 6.14. The zero-order chi connectivity index (χ0) is 20.7. The number of carbonyl (C=O) groups is 2. The van der Waals surface area contributed by atoms with Crippen molar-refractivity contribution in [2.75, 3.05) is 26.2 Å². The third-order valence-electron chi connectivity index (χ3n) is 4.72. The van der Waals surface area contributed by atoms with Crippen LogP contribution in [0, 0.1) is 5.92 Å². The predicted octanol–water partition coefficient (Wildman–Crippen LogP) is 1.81. The highest BCUT2D eigenvalue weighted by molar-refractivity contribution is 5.78. The molecule has 0 aromatic rings. The molecule has 1 unspecified atom stereocenters. The summed E-state index contributed by atoms with van der Waals surface area (Å²) < 4.78 is 10.4. The van der Waals surface area contributed by atoms with Crippen molar-refractivity contribution in [3.63, 3.8) is 0 Å². The van der Waals surface area contributed by atoms with Gasteiger partial charge in [0.2, 0.25) is 0 Å². The summed E-state index contributed by atoms with van der Waals surface area (Å²) in [7, 11) is 0. The number of nitrogens with two attached hydrogens (primary N) is 1. The lowest BCUT2D eigenvalue weighted by Crippen LogP contribution is -2.49. The van der Waals surface area contributed by atoms with Crippen LogP contribution in [0.1, 0.15) is 53.4 Å². The van der Waals surface area contributed by atoms with Crippen LogP contribution >= 0.6 is 0 Å². The summed E-state index contributed by atoms with van der Waals surface area (Å²) in [6.07, 6.45) is 3.06. The molecule has 160 valence electrons. The van der Waals surface area contributed by atoms with Gasteiger partial charge in [-0.05, 0) is 59.3 Å². The van der Waals surface area contributed by atoms with E-state index < -0.39 is 11.7 Å². The predicted molar refractivity (Wildman–Crippen MR) is 107 cm³/mol. The number of aliphatic imine (C=N–C) groups is 1. The van der Waals surface area contributed by atoms with Crippen molar-refractivity contribution in [2.45, 2.75) is 71.1 Å². The Morgan fingerprint density at radius 1 is 1.21 bits per heavy atom. The Labute approximate surface area is 167 Å². The maximum absolute atomic E-state index is 12.0. The molecule has 0 spiro atoms. The van der Waals surface area contributed by atoms with Gasteiger partial charge in [-0.25, -0.2) is 9.59 Å². The fourth-order valence-electron chi connectivity index (χ4n) is 3.14. The number of rotatable bonds is 6. The van der Waals surface area contributed by atoms with Gasteiger partial charge in [0, 0.05) is 19.1 Å². The van der Waals surface area contributed by atoms with Crippen LogP contribution in [-0.4, -0.2) is 67.0 Å². The second-order valence-electron chi connectivity index (χ2n) is 8.42. The number of piperidine rings is 1. The molecule has 0 aromatic heterocycles. The van der Waals surface area contributed by atoms with Crippen LogP contribution in [0.4, 0.5) is 9.59 Å². The van der Waals surface area contributed by atoms with Crippen LogP contribution in [0.15, 0.2) is 4.99 Å². The van der Waals surface area contributed by atoms with E-state index in [1.165, 1.54) is 0 Å². The number of alkyl carbamates (subject to hydrolysis) is 1. The fraction of sp³-hybridized carbons (Fsp3) is 0.842. The van der Waals surface area contributed by atoms with Crippen molar-refractivity contribution in [1.82, 2.24) is 15.5 Å². The zero-order valence-electron chi connectivity index (χ0n) is 17.5. The summed E-state index contributed by atoms with van der Waals surface area (Å²) >= 11 is 0. The minimum Gasteiger partial charge on any atom is -0.450 e. The fourth-order valence-corrected chi connectivity index (χ4v) is 3.14. The molecule has 2 amide bonds. The van der Waals surface area contributed by atoms with Crippen LogP contribution in [-0.2, 0) is 9.47 Å². The number of likely N-dealkylation sites (tertiary alicyclic amines) is 1. The van der Waals surface area contributed by atoms with Crippen molar-refractivity contribution >= 4 is 18.1 Å². The van der Waals surface area contributed by atoms with E-state index in [9.17, 15) is 9.59 Å². The largest absolute Gasteiger partial charge is 0.450 e. The monoisotopic (exact) mass is 397 g/mol. The van der Waals surface area contributed by atoms with Crippen molar-refractivity contribution < 1.29 is 19.1 Å². The van der Waals surface area contributed by atoms with E-state index in [-0.39, 0.29) is 18.2 Å². The topological polar surface area (TPSA) is 118 Å². The Morgan fingerprint density at radius 2 is 1.86 bits per heavy atom. The quantitative estimate of drug-likeness (QED) is 0.465. The van der Waals surface area contributed by atoms with Gasteiger partial charge in [0.1, 0.15) is 5.60 Å². The molecule has 2 aliphatic rings. The van der Waals surface area contributed by atoms with Gasteiger partial charge in [-0.3, -0.25) is 4.99 Å². The van der Waals surface area contributed by atoms with Crippen LogP contribution < -0.4 is 16.4 Å². The number of nitrogens with zero attached hydrogens (tertiary/aromatic N) is 2. The maximum Gasteiger partial charge on any atom is 0.409 e. The average molecular weight is 398 g/mol. The summed E-state index contributed by atoms with van der Waals surface area (Å²) in [6, 6.07) is 0.105. The first-order chi connectivity index (χ1) is 13.2. The van der Waals surface area contributed by atoms with E-state index in [4.69, 9.17) is 15.2 Å². The lowest BCUT2D eigenvalue weighted by atomic mass is 10.1. The van der Waals surface area contributed by atoms with Crippen molar-refractivity contribution in [3.8, 4) is 0 Å². The van der Waals surface area contributed by atoms with E-state index in [2.05, 4.69) is 15.6 Å². The normalized spacial score (nSPS) is 19.7. The van der Waals surface area contributed by atoms with E-state index in [0.717, 1.165) is 25.7 Å². The Bertz CT molecular complexity index is 563. The second-order valence-corrected chi connectivity index (χ2v) is 8.42. The van der Waals surface area contributed by atoms with Crippen LogP contribution in [0.2, 0.25) is 0 Å². The lowest BCUT2D eigenvalue weighted by molar-refractivity contribution is 0.0500. The number of carbonyl (C=O) groups excluding carboxylic acids is 2. The van der Waals surface area contributed by atoms with Gasteiger partial charge in [0.05, 0.1) is 19.2 Å². The zero-order valence-corrected chi connectivity index (χ0v) is 17.5. The number of ether oxygens (including phenoxy) is 2. The Kier molecular flexibility index (Phi) is 7.77. The number of hydrogen-bond donors (Lipinski definition) is 3. The number of amides is 2. The lowest BCUT2D eigenvalue weighted by Gasteiger charge is -2.31. The SMILES string of the molecule is CCOC(=O)N1CCC(NC(N)=NCC(NC(=O)OC(C)(C)C)C2CC2)CC1. The molecule has 1 saturated heterocycles. The first-order valence-corrected chi connectivity index (χ1v) is 10.2. The molecule has 1 saturated carbocycles. The molecule has 9 nitrogen and oxygen atoms in total. The molecule has 1 aliphatic heterocycles. The van der Waals surface area contributed by atoms with Crippen LogP contribution in [0.3, 0.4) is 0 Å². The third-order valence-corrected chi connectivity index (χ3v) is 4.72. The van der Waals surface area contributed by atoms with Crippen LogP contribution in [0.5, 0.6) is 0 Å². The highest BCUT2D eigenvalue weighted by atomic mass is 16.6. The van der Waals surface area contributed by atoms with Crippen molar-refractivity contribution in [1.29, 1.82) is 0 Å². The maximum atomic E-state index is 12.0. The standard InChI is InChI=1S/C19H35N5O4/c1-5-27-18(26)24-10-8-14(9-11-24)22-16(20)21-12-15(13-6-7-13)23-17(25)28-19(2,3)4/h13-15H,5-12H2,1-4H3,(H,23,25)(H3,20,21,22). The summed E-state index contributed by atoms with van der Waals surface area (Å²) in [5.74, 6) is 0.795. The average Bonchev–Trinajstić information content (AvgIpc) is 3.43. The van der Waals surface area contributed by atoms with E-state index in [1.54, 1.807) is 11.8 Å². The number of nitrogens with one attached hydrogen (secondary N) is 2. The molecule has 1 heterocycles. The summed E-state index contributed by atoms with van der Waals surface area (Å²) in [6.45, 7) is 9.39. The van der Waals surface area contributed by atoms with E-state index in [0.29, 0.717) is 38.1 Å². The smallest absolute Gasteiger partial charge is 0.409 e. The second kappa shape index (κ2) is 9.84. The Morgan fingerprint density at radius 3 is 2.39 bits per heavy atom. The first kappa shape index (κ1) is 22.1. The van der Waals surface area contributed by atoms with Crippen molar-refractivity contribution in [2.24, 2.45) is 16.6 Å². The van der Waals surface area contributed by atoms with Gasteiger partial charge in [0.15, 0.2) is 5.96 Å². The third kappa shape index (κ3) is 7.82. The summed E-state index contributed by atoms with van der Waals surface area (Å²) in [5.41, 5.74) is 5.51. The molecular weight excluding hydrogens is 362 g/mol. The highest BCUT2D eigenvalue weighted by Crippen LogP contribution is 2.33. The molecule has 4 N–H and O–H groups in total. The molecule has 0 radical (unpaired) electrons. The van der Waals surface area contributed by atoms with E-state index >= 15 is 0 Å². The van der Waals surface area contributed by atoms with Gasteiger partial charge in [-0.2, -0.15) is 0 Å². The molecule has 1 aliphatic carbocycles. The van der Waals surface area contributed by atoms with E-state index in [1.807, 2.05) is 20.8 Å². The number of hydrogen-bond acceptors (Lipinski definition) is 5. The molecule has 2 fully saturated rings. The highest BCUT2D eigenvalue weighted by Gasteiger charge is 2.33. The minimum absolute atomic E-state index is 0.0686. The number of guanidine groups is 1. The molecule has 0 aromatic carbocycles. The van der Waals surface area contributed by atoms with Gasteiger partial charge in [-0.1, -0.05) is 0 Å². The molecular formula is C19H35N5O4. The van der Waals surface area contributed by atoms with Gasteiger partial charge in [0.25, 0.3) is 0 Å². The van der Waals surface area contributed by atoms with Gasteiger partial charge < -0.3 is 30.7 Å². The molecule has 28 heavy (non-hydrogen) atoms. The Balaban J connectivity index is 1.76. The first-order valence-electron chi connectivity index (χ1n) is 10.2. The Hall–Kier alpha value is -2.19. The van der Waals surface area contributed by atoms with Gasteiger partial charge in [-0.15, -0.1) is 0 Å². The molecule has 1 atom stereocenters. The molecule has 2 rings (SSSR count). The summed E-state index contributed by atoms with van der Waals surface area (Å²) in [4.78, 5) is 29.9. The van der Waals surface area contributed by atoms with Crippen LogP contribution in [0.25, 0.3) is 0 Å². The van der Waals surface area contributed by atoms with Gasteiger partial charge >= 0.3 is 12.2 Å².